The fourth-order valence-corrected chi connectivity index (χ4v) is 0.938. The van der Waals surface area contributed by atoms with E-state index >= 15 is 0 Å². The second-order valence-corrected chi connectivity index (χ2v) is 3.87. The largest absolute Gasteiger partial charge is 0.351 e. The van der Waals surface area contributed by atoms with Crippen LogP contribution in [0.3, 0.4) is 0 Å². The third-order valence-corrected chi connectivity index (χ3v) is 2.35. The first-order valence-electron chi connectivity index (χ1n) is 3.89. The fourth-order valence-electron chi connectivity index (χ4n) is 0.654. The van der Waals surface area contributed by atoms with E-state index in [1.807, 2.05) is 18.5 Å². The van der Waals surface area contributed by atoms with Gasteiger partial charge in [0.2, 0.25) is 5.91 Å². The van der Waals surface area contributed by atoms with Crippen LogP contribution in [0.5, 0.6) is 0 Å². The second-order valence-electron chi connectivity index (χ2n) is 2.59. The normalized spacial score (nSPS) is 12.2. The van der Waals surface area contributed by atoms with Gasteiger partial charge in [-0.2, -0.15) is 11.8 Å². The summed E-state index contributed by atoms with van der Waals surface area (Å²) in [6.45, 7) is 2.89. The highest BCUT2D eigenvalue weighted by Crippen LogP contribution is 2.01. The fraction of sp³-hybridized carbons (Fsp3) is 0.714. The summed E-state index contributed by atoms with van der Waals surface area (Å²) in [6, 6.07) is -0.815. The molecule has 13 heavy (non-hydrogen) atoms. The van der Waals surface area contributed by atoms with E-state index in [0.29, 0.717) is 5.25 Å². The van der Waals surface area contributed by atoms with Crippen LogP contribution in [-0.4, -0.2) is 36.5 Å². The first-order chi connectivity index (χ1) is 6.06. The summed E-state index contributed by atoms with van der Waals surface area (Å²) in [6.07, 6.45) is 2.00. The van der Waals surface area contributed by atoms with Gasteiger partial charge in [-0.1, -0.05) is 6.92 Å². The molecule has 6 heteroatoms. The number of hydrogen-bond donors (Lipinski definition) is 3. The van der Waals surface area contributed by atoms with Crippen molar-refractivity contribution >= 4 is 23.7 Å². The Bertz CT molecular complexity index is 187. The van der Waals surface area contributed by atoms with Crippen molar-refractivity contribution < 1.29 is 9.59 Å². The molecule has 0 aromatic heterocycles. The van der Waals surface area contributed by atoms with E-state index in [2.05, 4.69) is 5.32 Å². The van der Waals surface area contributed by atoms with E-state index in [1.54, 1.807) is 11.8 Å². The van der Waals surface area contributed by atoms with E-state index < -0.39 is 11.9 Å². The molecule has 0 aromatic carbocycles. The Morgan fingerprint density at radius 1 is 1.54 bits per heavy atom. The zero-order chi connectivity index (χ0) is 10.3. The van der Waals surface area contributed by atoms with Gasteiger partial charge in [-0.25, -0.2) is 4.79 Å². The molecule has 1 unspecified atom stereocenters. The van der Waals surface area contributed by atoms with Crippen LogP contribution in [-0.2, 0) is 4.79 Å². The molecule has 3 amide bonds. The molecule has 0 spiro atoms. The Hall–Kier alpha value is -0.750. The molecule has 0 saturated carbocycles. The minimum Gasteiger partial charge on any atom is -0.351 e. The average molecular weight is 205 g/mol. The van der Waals surface area contributed by atoms with Gasteiger partial charge in [-0.15, -0.1) is 0 Å². The summed E-state index contributed by atoms with van der Waals surface area (Å²) in [5.41, 5.74) is 4.75. The Morgan fingerprint density at radius 3 is 2.62 bits per heavy atom. The molecule has 0 radical (unpaired) electrons. The van der Waals surface area contributed by atoms with Gasteiger partial charge in [0.25, 0.3) is 0 Å². The van der Waals surface area contributed by atoms with E-state index in [4.69, 9.17) is 5.73 Å². The summed E-state index contributed by atoms with van der Waals surface area (Å²) in [5, 5.41) is 5.31. The van der Waals surface area contributed by atoms with Crippen LogP contribution in [0.25, 0.3) is 0 Å². The number of nitrogens with two attached hydrogens (primary N) is 1. The van der Waals surface area contributed by atoms with E-state index in [-0.39, 0.29) is 6.54 Å². The molecule has 0 aliphatic rings. The molecular formula is C7H15N3O2S. The van der Waals surface area contributed by atoms with Crippen molar-refractivity contribution in [3.63, 3.8) is 0 Å². The highest BCUT2D eigenvalue weighted by atomic mass is 32.2. The Labute approximate surface area is 81.8 Å². The average Bonchev–Trinajstić information content (AvgIpc) is 2.02. The van der Waals surface area contributed by atoms with Crippen LogP contribution in [0.1, 0.15) is 6.92 Å². The lowest BCUT2D eigenvalue weighted by Crippen LogP contribution is -2.41. The Morgan fingerprint density at radius 2 is 2.15 bits per heavy atom. The van der Waals surface area contributed by atoms with Crippen molar-refractivity contribution in [2.75, 3.05) is 19.3 Å². The number of carbonyl (C=O) groups is 2. The molecule has 0 fully saturated rings. The molecule has 1 atom stereocenters. The van der Waals surface area contributed by atoms with Crippen molar-refractivity contribution in [2.45, 2.75) is 12.2 Å². The summed E-state index contributed by atoms with van der Waals surface area (Å²) in [5.74, 6) is -0.402. The molecule has 0 bridgehead atoms. The van der Waals surface area contributed by atoms with Crippen molar-refractivity contribution in [1.29, 1.82) is 0 Å². The van der Waals surface area contributed by atoms with Crippen LogP contribution >= 0.6 is 11.8 Å². The molecular weight excluding hydrogens is 190 g/mol. The van der Waals surface area contributed by atoms with Gasteiger partial charge in [0.05, 0.1) is 6.54 Å². The van der Waals surface area contributed by atoms with Crippen LogP contribution < -0.4 is 16.4 Å². The van der Waals surface area contributed by atoms with Crippen LogP contribution in [0, 0.1) is 0 Å². The first kappa shape index (κ1) is 12.2. The van der Waals surface area contributed by atoms with Gasteiger partial charge >= 0.3 is 6.03 Å². The lowest BCUT2D eigenvalue weighted by Gasteiger charge is -2.08. The maximum Gasteiger partial charge on any atom is 0.318 e. The van der Waals surface area contributed by atoms with Gasteiger partial charge in [-0.05, 0) is 6.26 Å². The number of rotatable bonds is 5. The number of urea groups is 1. The molecule has 5 nitrogen and oxygen atoms in total. The molecule has 0 aliphatic heterocycles. The molecule has 76 valence electrons. The quantitative estimate of drug-likeness (QED) is 0.566. The highest BCUT2D eigenvalue weighted by molar-refractivity contribution is 7.99. The SMILES string of the molecule is CSC(C)CNCC(=O)NC(N)=O. The first-order valence-corrected chi connectivity index (χ1v) is 5.18. The number of hydrogen-bond acceptors (Lipinski definition) is 4. The number of carbonyl (C=O) groups excluding carboxylic acids is 2. The van der Waals surface area contributed by atoms with Crippen LogP contribution in [0.2, 0.25) is 0 Å². The minimum absolute atomic E-state index is 0.119. The Kier molecular flexibility index (Phi) is 6.34. The molecule has 0 rings (SSSR count). The molecule has 4 N–H and O–H groups in total. The standard InChI is InChI=1S/C7H15N3O2S/c1-5(13-2)3-9-4-6(11)10-7(8)12/h5,9H,3-4H2,1-2H3,(H3,8,10,11,12). The number of thioether (sulfide) groups is 1. The minimum atomic E-state index is -0.815. The van der Waals surface area contributed by atoms with Crippen molar-refractivity contribution in [3.05, 3.63) is 0 Å². The third-order valence-electron chi connectivity index (χ3n) is 1.38. The number of imide groups is 1. The molecule has 0 saturated heterocycles. The topological polar surface area (TPSA) is 84.2 Å². The molecule has 0 aromatic rings. The predicted octanol–water partition coefficient (Wildman–Crippen LogP) is -0.478. The van der Waals surface area contributed by atoms with E-state index in [0.717, 1.165) is 6.54 Å². The third kappa shape index (κ3) is 7.61. The predicted molar refractivity (Wildman–Crippen MR) is 53.6 cm³/mol. The summed E-state index contributed by atoms with van der Waals surface area (Å²) < 4.78 is 0. The zero-order valence-electron chi connectivity index (χ0n) is 7.79. The van der Waals surface area contributed by atoms with Gasteiger partial charge < -0.3 is 11.1 Å². The highest BCUT2D eigenvalue weighted by Gasteiger charge is 2.04. The van der Waals surface area contributed by atoms with E-state index in [9.17, 15) is 9.59 Å². The summed E-state index contributed by atoms with van der Waals surface area (Å²) in [7, 11) is 0. The summed E-state index contributed by atoms with van der Waals surface area (Å²) >= 11 is 1.70. The maximum absolute atomic E-state index is 10.8. The van der Waals surface area contributed by atoms with Gasteiger partial charge in [-0.3, -0.25) is 10.1 Å². The lowest BCUT2D eigenvalue weighted by atomic mass is 10.4. The van der Waals surface area contributed by atoms with Gasteiger partial charge in [0.15, 0.2) is 0 Å². The van der Waals surface area contributed by atoms with Crippen molar-refractivity contribution in [3.8, 4) is 0 Å². The molecule has 0 aliphatic carbocycles. The van der Waals surface area contributed by atoms with Crippen molar-refractivity contribution in [1.82, 2.24) is 10.6 Å². The Balaban J connectivity index is 3.42. The zero-order valence-corrected chi connectivity index (χ0v) is 8.61. The maximum atomic E-state index is 10.8. The van der Waals surface area contributed by atoms with Crippen molar-refractivity contribution in [2.24, 2.45) is 5.73 Å². The smallest absolute Gasteiger partial charge is 0.318 e. The second kappa shape index (κ2) is 6.73. The summed E-state index contributed by atoms with van der Waals surface area (Å²) in [4.78, 5) is 21.1. The molecule has 0 heterocycles. The van der Waals surface area contributed by atoms with E-state index in [1.165, 1.54) is 0 Å². The van der Waals surface area contributed by atoms with Crippen LogP contribution in [0.15, 0.2) is 0 Å². The van der Waals surface area contributed by atoms with Gasteiger partial charge in [0.1, 0.15) is 0 Å². The number of nitrogens with one attached hydrogen (secondary N) is 2. The van der Waals surface area contributed by atoms with Gasteiger partial charge in [0, 0.05) is 11.8 Å². The number of amides is 3. The lowest BCUT2D eigenvalue weighted by molar-refractivity contribution is -0.119. The monoisotopic (exact) mass is 205 g/mol. The number of primary amides is 1. The van der Waals surface area contributed by atoms with Crippen LogP contribution in [0.4, 0.5) is 4.79 Å².